The largest absolute Gasteiger partial charge is 0.489 e. The molecule has 2 amide bonds. The molecule has 0 spiro atoms. The van der Waals surface area contributed by atoms with Gasteiger partial charge in [-0.05, 0) is 29.8 Å². The van der Waals surface area contributed by atoms with Crippen LogP contribution in [0.15, 0.2) is 42.5 Å². The first-order valence-corrected chi connectivity index (χ1v) is 11.4. The molecule has 0 aromatic heterocycles. The van der Waals surface area contributed by atoms with Crippen LogP contribution in [-0.2, 0) is 22.6 Å². The zero-order valence-corrected chi connectivity index (χ0v) is 19.0. The average Bonchev–Trinajstić information content (AvgIpc) is 3.24. The lowest BCUT2D eigenvalue weighted by atomic mass is 10.1. The third-order valence-corrected chi connectivity index (χ3v) is 6.57. The van der Waals surface area contributed by atoms with E-state index in [9.17, 15) is 24.6 Å². The summed E-state index contributed by atoms with van der Waals surface area (Å²) in [6.07, 6.45) is -1.18. The Balaban J connectivity index is 1.60. The van der Waals surface area contributed by atoms with Crippen LogP contribution in [0.1, 0.15) is 11.1 Å². The van der Waals surface area contributed by atoms with Crippen LogP contribution >= 0.6 is 35.0 Å². The molecule has 0 aliphatic carbocycles. The monoisotopic (exact) mass is 498 g/mol. The molecule has 170 valence electrons. The van der Waals surface area contributed by atoms with Crippen LogP contribution in [0, 0.1) is 0 Å². The minimum atomic E-state index is -1.21. The van der Waals surface area contributed by atoms with Gasteiger partial charge in [-0.25, -0.2) is 9.59 Å². The molecule has 32 heavy (non-hydrogen) atoms. The third kappa shape index (κ3) is 5.99. The molecule has 3 N–H and O–H groups in total. The second-order valence-corrected chi connectivity index (χ2v) is 8.82. The summed E-state index contributed by atoms with van der Waals surface area (Å²) in [6, 6.07) is 9.82. The van der Waals surface area contributed by atoms with E-state index in [1.165, 1.54) is 11.8 Å². The predicted octanol–water partition coefficient (Wildman–Crippen LogP) is 3.74. The normalized spacial score (nSPS) is 16.4. The Kier molecular flexibility index (Phi) is 8.11. The number of amides is 2. The summed E-state index contributed by atoms with van der Waals surface area (Å²) in [5.74, 6) is -0.834. The molecule has 1 aliphatic heterocycles. The van der Waals surface area contributed by atoms with Crippen molar-refractivity contribution in [2.75, 3.05) is 11.6 Å². The molecule has 1 fully saturated rings. The van der Waals surface area contributed by atoms with E-state index >= 15 is 0 Å². The molecule has 0 bridgehead atoms. The number of thioether (sulfide) groups is 1. The SMILES string of the molecule is O=C(O)[C@H](Cc1ccc(OCc2c(Cl)cccc2Cl)cc1)NC(=O)[C@@H]1CSCN1C(=O)O. The Morgan fingerprint density at radius 3 is 2.38 bits per heavy atom. The smallest absolute Gasteiger partial charge is 0.408 e. The summed E-state index contributed by atoms with van der Waals surface area (Å²) in [5, 5.41) is 22.1. The summed E-state index contributed by atoms with van der Waals surface area (Å²) in [6.45, 7) is 0.172. The summed E-state index contributed by atoms with van der Waals surface area (Å²) >= 11 is 13.6. The van der Waals surface area contributed by atoms with Gasteiger partial charge in [0.1, 0.15) is 24.4 Å². The topological polar surface area (TPSA) is 116 Å². The number of nitrogens with zero attached hydrogens (tertiary/aromatic N) is 1. The number of halogens is 2. The number of hydrogen-bond donors (Lipinski definition) is 3. The van der Waals surface area contributed by atoms with Crippen LogP contribution in [0.2, 0.25) is 10.0 Å². The molecule has 0 radical (unpaired) electrons. The van der Waals surface area contributed by atoms with E-state index in [1.807, 2.05) is 0 Å². The van der Waals surface area contributed by atoms with Crippen molar-refractivity contribution in [3.05, 3.63) is 63.6 Å². The Labute approximate surface area is 198 Å². The Hall–Kier alpha value is -2.62. The van der Waals surface area contributed by atoms with Gasteiger partial charge in [0.05, 0.1) is 5.88 Å². The zero-order chi connectivity index (χ0) is 23.3. The van der Waals surface area contributed by atoms with Gasteiger partial charge < -0.3 is 20.3 Å². The number of hydrogen-bond acceptors (Lipinski definition) is 5. The molecule has 3 rings (SSSR count). The number of carbonyl (C=O) groups is 3. The van der Waals surface area contributed by atoms with Crippen LogP contribution in [0.25, 0.3) is 0 Å². The number of carboxylic acid groups (broad SMARTS) is 2. The van der Waals surface area contributed by atoms with Crippen LogP contribution in [0.5, 0.6) is 5.75 Å². The number of benzene rings is 2. The van der Waals surface area contributed by atoms with Gasteiger partial charge in [-0.1, -0.05) is 41.4 Å². The Morgan fingerprint density at radius 1 is 1.12 bits per heavy atom. The molecule has 2 aromatic carbocycles. The number of carboxylic acids is 1. The molecular formula is C21H20Cl2N2O6S. The van der Waals surface area contributed by atoms with Crippen LogP contribution < -0.4 is 10.1 Å². The summed E-state index contributed by atoms with van der Waals surface area (Å²) in [5.41, 5.74) is 1.32. The lowest BCUT2D eigenvalue weighted by Gasteiger charge is -2.22. The first kappa shape index (κ1) is 24.0. The van der Waals surface area contributed by atoms with E-state index in [-0.39, 0.29) is 24.7 Å². The van der Waals surface area contributed by atoms with Gasteiger partial charge in [-0.15, -0.1) is 11.8 Å². The maximum absolute atomic E-state index is 12.5. The van der Waals surface area contributed by atoms with Crippen molar-refractivity contribution in [3.63, 3.8) is 0 Å². The summed E-state index contributed by atoms with van der Waals surface area (Å²) in [4.78, 5) is 36.3. The number of nitrogens with one attached hydrogen (secondary N) is 1. The molecule has 1 saturated heterocycles. The lowest BCUT2D eigenvalue weighted by molar-refractivity contribution is -0.142. The zero-order valence-electron chi connectivity index (χ0n) is 16.7. The van der Waals surface area contributed by atoms with E-state index in [1.54, 1.807) is 42.5 Å². The van der Waals surface area contributed by atoms with Gasteiger partial charge in [0, 0.05) is 27.8 Å². The van der Waals surface area contributed by atoms with E-state index in [2.05, 4.69) is 5.32 Å². The van der Waals surface area contributed by atoms with Crippen molar-refractivity contribution in [2.24, 2.45) is 0 Å². The molecule has 11 heteroatoms. The first-order chi connectivity index (χ1) is 15.3. The third-order valence-electron chi connectivity index (χ3n) is 4.85. The van der Waals surface area contributed by atoms with Gasteiger partial charge in [-0.3, -0.25) is 9.69 Å². The molecule has 2 atom stereocenters. The van der Waals surface area contributed by atoms with Gasteiger partial charge in [-0.2, -0.15) is 0 Å². The fourth-order valence-corrected chi connectivity index (χ4v) is 4.75. The van der Waals surface area contributed by atoms with Crippen molar-refractivity contribution in [1.29, 1.82) is 0 Å². The fourth-order valence-electron chi connectivity index (χ4n) is 3.10. The molecule has 0 saturated carbocycles. The maximum atomic E-state index is 12.5. The van der Waals surface area contributed by atoms with E-state index in [0.717, 1.165) is 4.90 Å². The lowest BCUT2D eigenvalue weighted by Crippen LogP contribution is -2.52. The maximum Gasteiger partial charge on any atom is 0.408 e. The molecule has 2 aromatic rings. The van der Waals surface area contributed by atoms with Gasteiger partial charge in [0.15, 0.2) is 0 Å². The van der Waals surface area contributed by atoms with Crippen molar-refractivity contribution >= 4 is 52.9 Å². The van der Waals surface area contributed by atoms with Gasteiger partial charge in [0.25, 0.3) is 0 Å². The van der Waals surface area contributed by atoms with Crippen molar-refractivity contribution < 1.29 is 29.3 Å². The van der Waals surface area contributed by atoms with E-state index < -0.39 is 30.1 Å². The highest BCUT2D eigenvalue weighted by Crippen LogP contribution is 2.26. The summed E-state index contributed by atoms with van der Waals surface area (Å²) in [7, 11) is 0. The van der Waals surface area contributed by atoms with Gasteiger partial charge in [0.2, 0.25) is 5.91 Å². The quantitative estimate of drug-likeness (QED) is 0.507. The molecule has 8 nitrogen and oxygen atoms in total. The highest BCUT2D eigenvalue weighted by atomic mass is 35.5. The average molecular weight is 499 g/mol. The molecular weight excluding hydrogens is 479 g/mol. The Bertz CT molecular complexity index is 984. The first-order valence-electron chi connectivity index (χ1n) is 9.51. The van der Waals surface area contributed by atoms with Crippen LogP contribution in [0.4, 0.5) is 4.79 Å². The minimum absolute atomic E-state index is 0.0324. The van der Waals surface area contributed by atoms with E-state index in [0.29, 0.717) is 26.9 Å². The highest BCUT2D eigenvalue weighted by molar-refractivity contribution is 7.99. The minimum Gasteiger partial charge on any atom is -0.489 e. The van der Waals surface area contributed by atoms with Crippen molar-refractivity contribution in [2.45, 2.75) is 25.1 Å². The highest BCUT2D eigenvalue weighted by Gasteiger charge is 2.36. The summed E-state index contributed by atoms with van der Waals surface area (Å²) < 4.78 is 5.71. The Morgan fingerprint density at radius 2 is 1.78 bits per heavy atom. The van der Waals surface area contributed by atoms with Crippen LogP contribution in [-0.4, -0.2) is 56.8 Å². The van der Waals surface area contributed by atoms with Crippen molar-refractivity contribution in [3.8, 4) is 5.75 Å². The van der Waals surface area contributed by atoms with Crippen LogP contribution in [0.3, 0.4) is 0 Å². The second-order valence-electron chi connectivity index (χ2n) is 7.00. The number of carbonyl (C=O) groups excluding carboxylic acids is 1. The standard InChI is InChI=1S/C21H20Cl2N2O6S/c22-15-2-1-3-16(23)14(15)9-31-13-6-4-12(5-7-13)8-17(20(27)28)24-19(26)18-10-32-11-25(18)21(29)30/h1-7,17-18H,8-11H2,(H,24,26)(H,27,28)(H,29,30)/t17-,18-/m0/s1. The van der Waals surface area contributed by atoms with E-state index in [4.69, 9.17) is 27.9 Å². The molecule has 1 heterocycles. The number of aliphatic carboxylic acids is 1. The number of rotatable bonds is 8. The van der Waals surface area contributed by atoms with Gasteiger partial charge >= 0.3 is 12.1 Å². The molecule has 1 aliphatic rings. The predicted molar refractivity (Wildman–Crippen MR) is 121 cm³/mol. The second kappa shape index (κ2) is 10.8. The van der Waals surface area contributed by atoms with Crippen molar-refractivity contribution in [1.82, 2.24) is 10.2 Å². The fraction of sp³-hybridized carbons (Fsp3) is 0.286. The molecule has 0 unspecified atom stereocenters. The number of ether oxygens (including phenoxy) is 1.